The van der Waals surface area contributed by atoms with Crippen LogP contribution in [0.1, 0.15) is 26.3 Å². The zero-order valence-corrected chi connectivity index (χ0v) is 34.3. The third kappa shape index (κ3) is 7.99. The standard InChI is InChI=1S/C57H47N3/c1-57(2,3)47-38-54(59(48-28-16-7-17-29-48)49-30-18-8-19-31-49)56(46-26-14-6-15-27-46)55(39-47)60(50-32-20-9-21-33-50)51-40-52(44-24-12-5-13-25-44)58-53(41-51)45-36-34-43(35-37-45)42-22-10-4-11-23-42/h4-41H,1-3H3. The van der Waals surface area contributed by atoms with Gasteiger partial charge in [0.25, 0.3) is 0 Å². The molecule has 0 atom stereocenters. The Labute approximate surface area is 354 Å². The molecule has 9 aromatic rings. The zero-order chi connectivity index (χ0) is 40.9. The lowest BCUT2D eigenvalue weighted by atomic mass is 9.84. The molecule has 1 aromatic heterocycles. The highest BCUT2D eigenvalue weighted by Crippen LogP contribution is 2.51. The molecular formula is C57H47N3. The van der Waals surface area contributed by atoms with Crippen LogP contribution >= 0.6 is 0 Å². The van der Waals surface area contributed by atoms with Gasteiger partial charge in [-0.3, -0.25) is 0 Å². The molecule has 0 fully saturated rings. The summed E-state index contributed by atoms with van der Waals surface area (Å²) in [5.41, 5.74) is 15.9. The molecule has 3 heteroatoms. The lowest BCUT2D eigenvalue weighted by molar-refractivity contribution is 0.590. The van der Waals surface area contributed by atoms with Crippen molar-refractivity contribution in [3.05, 3.63) is 236 Å². The summed E-state index contributed by atoms with van der Waals surface area (Å²) in [5, 5.41) is 0. The summed E-state index contributed by atoms with van der Waals surface area (Å²) in [6.07, 6.45) is 0. The summed E-state index contributed by atoms with van der Waals surface area (Å²) in [4.78, 5) is 10.2. The van der Waals surface area contributed by atoms with Crippen molar-refractivity contribution in [2.24, 2.45) is 0 Å². The Kier molecular flexibility index (Phi) is 10.6. The van der Waals surface area contributed by atoms with Gasteiger partial charge in [0, 0.05) is 33.8 Å². The van der Waals surface area contributed by atoms with Gasteiger partial charge in [-0.05, 0) is 88.3 Å². The van der Waals surface area contributed by atoms with Crippen LogP contribution in [-0.2, 0) is 5.41 Å². The number of hydrogen-bond acceptors (Lipinski definition) is 3. The van der Waals surface area contributed by atoms with Crippen LogP contribution in [0.3, 0.4) is 0 Å². The van der Waals surface area contributed by atoms with Gasteiger partial charge in [-0.2, -0.15) is 0 Å². The maximum absolute atomic E-state index is 5.37. The van der Waals surface area contributed by atoms with Gasteiger partial charge in [-0.15, -0.1) is 0 Å². The van der Waals surface area contributed by atoms with Crippen molar-refractivity contribution in [2.45, 2.75) is 26.2 Å². The van der Waals surface area contributed by atoms with Crippen LogP contribution in [0, 0.1) is 0 Å². The van der Waals surface area contributed by atoms with E-state index in [2.05, 4.69) is 261 Å². The Bertz CT molecular complexity index is 2760. The van der Waals surface area contributed by atoms with Crippen LogP contribution < -0.4 is 9.80 Å². The third-order valence-corrected chi connectivity index (χ3v) is 11.0. The van der Waals surface area contributed by atoms with Crippen LogP contribution in [0.2, 0.25) is 0 Å². The largest absolute Gasteiger partial charge is 0.310 e. The normalized spacial score (nSPS) is 11.2. The Balaban J connectivity index is 1.36. The highest BCUT2D eigenvalue weighted by atomic mass is 15.2. The second kappa shape index (κ2) is 16.8. The maximum atomic E-state index is 5.37. The van der Waals surface area contributed by atoms with Crippen LogP contribution in [0.4, 0.5) is 34.1 Å². The molecule has 0 bridgehead atoms. The molecule has 0 aliphatic carbocycles. The fraction of sp³-hybridized carbons (Fsp3) is 0.0702. The zero-order valence-electron chi connectivity index (χ0n) is 34.3. The van der Waals surface area contributed by atoms with E-state index in [1.807, 2.05) is 0 Å². The minimum Gasteiger partial charge on any atom is -0.310 e. The molecular weight excluding hydrogens is 727 g/mol. The van der Waals surface area contributed by atoms with E-state index in [1.165, 1.54) is 16.7 Å². The van der Waals surface area contributed by atoms with Gasteiger partial charge in [0.15, 0.2) is 0 Å². The molecule has 0 spiro atoms. The number of para-hydroxylation sites is 3. The van der Waals surface area contributed by atoms with Gasteiger partial charge in [-0.25, -0.2) is 4.98 Å². The molecule has 0 saturated heterocycles. The van der Waals surface area contributed by atoms with Gasteiger partial charge in [0.2, 0.25) is 0 Å². The van der Waals surface area contributed by atoms with Crippen molar-refractivity contribution in [3.8, 4) is 44.8 Å². The van der Waals surface area contributed by atoms with E-state index in [1.54, 1.807) is 0 Å². The van der Waals surface area contributed by atoms with Gasteiger partial charge in [0.1, 0.15) is 0 Å². The van der Waals surface area contributed by atoms with E-state index in [0.29, 0.717) is 0 Å². The second-order valence-electron chi connectivity index (χ2n) is 16.1. The highest BCUT2D eigenvalue weighted by molar-refractivity contribution is 5.99. The lowest BCUT2D eigenvalue weighted by Gasteiger charge is -2.35. The minimum absolute atomic E-state index is 0.181. The highest BCUT2D eigenvalue weighted by Gasteiger charge is 2.28. The van der Waals surface area contributed by atoms with E-state index in [4.69, 9.17) is 4.98 Å². The molecule has 0 aliphatic heterocycles. The van der Waals surface area contributed by atoms with Gasteiger partial charge in [-0.1, -0.05) is 191 Å². The minimum atomic E-state index is -0.181. The number of hydrogen-bond donors (Lipinski definition) is 0. The first-order valence-corrected chi connectivity index (χ1v) is 20.6. The van der Waals surface area contributed by atoms with Crippen LogP contribution in [0.25, 0.3) is 44.8 Å². The lowest BCUT2D eigenvalue weighted by Crippen LogP contribution is -2.19. The van der Waals surface area contributed by atoms with Crippen molar-refractivity contribution in [3.63, 3.8) is 0 Å². The Morgan fingerprint density at radius 2 is 0.633 bits per heavy atom. The summed E-state index contributed by atoms with van der Waals surface area (Å²) in [6, 6.07) is 82.2. The third-order valence-electron chi connectivity index (χ3n) is 11.0. The monoisotopic (exact) mass is 773 g/mol. The van der Waals surface area contributed by atoms with E-state index in [0.717, 1.165) is 67.8 Å². The van der Waals surface area contributed by atoms with Crippen molar-refractivity contribution in [1.29, 1.82) is 0 Å². The molecule has 9 rings (SSSR count). The summed E-state index contributed by atoms with van der Waals surface area (Å²) >= 11 is 0. The number of rotatable bonds is 10. The number of benzene rings is 8. The molecule has 8 aromatic carbocycles. The number of anilines is 6. The average Bonchev–Trinajstić information content (AvgIpc) is 3.31. The van der Waals surface area contributed by atoms with Crippen LogP contribution in [0.15, 0.2) is 231 Å². The smallest absolute Gasteiger partial charge is 0.0730 e. The quantitative estimate of drug-likeness (QED) is 0.138. The number of pyridine rings is 1. The van der Waals surface area contributed by atoms with Crippen molar-refractivity contribution in [1.82, 2.24) is 4.98 Å². The average molecular weight is 774 g/mol. The first-order chi connectivity index (χ1) is 29.4. The summed E-state index contributed by atoms with van der Waals surface area (Å²) in [7, 11) is 0. The predicted octanol–water partition coefficient (Wildman–Crippen LogP) is 16.0. The van der Waals surface area contributed by atoms with E-state index in [9.17, 15) is 0 Å². The van der Waals surface area contributed by atoms with Crippen molar-refractivity contribution >= 4 is 34.1 Å². The molecule has 0 amide bonds. The predicted molar refractivity (Wildman–Crippen MR) is 254 cm³/mol. The molecule has 290 valence electrons. The SMILES string of the molecule is CC(C)(C)c1cc(N(c2ccccc2)c2ccccc2)c(-c2ccccc2)c(N(c2ccccc2)c2cc(-c3ccccc3)nc(-c3ccc(-c4ccccc4)cc3)c2)c1. The van der Waals surface area contributed by atoms with E-state index >= 15 is 0 Å². The molecule has 0 aliphatic rings. The molecule has 3 nitrogen and oxygen atoms in total. The number of aromatic nitrogens is 1. The van der Waals surface area contributed by atoms with Crippen LogP contribution in [-0.4, -0.2) is 4.98 Å². The first kappa shape index (κ1) is 38.1. The Morgan fingerprint density at radius 1 is 0.317 bits per heavy atom. The molecule has 60 heavy (non-hydrogen) atoms. The van der Waals surface area contributed by atoms with Gasteiger partial charge < -0.3 is 9.80 Å². The summed E-state index contributed by atoms with van der Waals surface area (Å²) in [5.74, 6) is 0. The number of nitrogens with zero attached hydrogens (tertiary/aromatic N) is 3. The Morgan fingerprint density at radius 3 is 1.05 bits per heavy atom. The topological polar surface area (TPSA) is 19.4 Å². The first-order valence-electron chi connectivity index (χ1n) is 20.6. The van der Waals surface area contributed by atoms with Crippen molar-refractivity contribution < 1.29 is 0 Å². The van der Waals surface area contributed by atoms with E-state index < -0.39 is 0 Å². The molecule has 1 heterocycles. The fourth-order valence-electron chi connectivity index (χ4n) is 7.90. The maximum Gasteiger partial charge on any atom is 0.0730 e. The fourth-order valence-corrected chi connectivity index (χ4v) is 7.90. The van der Waals surface area contributed by atoms with E-state index in [-0.39, 0.29) is 5.41 Å². The summed E-state index contributed by atoms with van der Waals surface area (Å²) < 4.78 is 0. The Hall–Kier alpha value is -7.49. The molecule has 0 radical (unpaired) electrons. The van der Waals surface area contributed by atoms with Gasteiger partial charge in [0.05, 0.1) is 28.5 Å². The van der Waals surface area contributed by atoms with Crippen molar-refractivity contribution in [2.75, 3.05) is 9.80 Å². The van der Waals surface area contributed by atoms with Gasteiger partial charge >= 0.3 is 0 Å². The summed E-state index contributed by atoms with van der Waals surface area (Å²) in [6.45, 7) is 6.91. The second-order valence-corrected chi connectivity index (χ2v) is 16.1. The van der Waals surface area contributed by atoms with Crippen LogP contribution in [0.5, 0.6) is 0 Å². The molecule has 0 N–H and O–H groups in total. The molecule has 0 unspecified atom stereocenters. The molecule has 0 saturated carbocycles.